The molecule has 0 aliphatic rings. The average molecular weight is 172 g/mol. The first-order chi connectivity index (χ1) is 5.61. The van der Waals surface area contributed by atoms with E-state index in [0.29, 0.717) is 12.8 Å². The Morgan fingerprint density at radius 3 is 2.25 bits per heavy atom. The van der Waals surface area contributed by atoms with E-state index in [0.717, 1.165) is 7.11 Å². The highest BCUT2D eigenvalue weighted by Crippen LogP contribution is 1.96. The summed E-state index contributed by atoms with van der Waals surface area (Å²) in [5.74, 6) is -1.93. The van der Waals surface area contributed by atoms with Crippen LogP contribution in [0.25, 0.3) is 0 Å². The molecule has 0 unspecified atom stereocenters. The lowest BCUT2D eigenvalue weighted by molar-refractivity contribution is -0.152. The van der Waals surface area contributed by atoms with Crippen LogP contribution in [0.15, 0.2) is 0 Å². The molecule has 0 radical (unpaired) electrons. The van der Waals surface area contributed by atoms with Crippen LogP contribution in [0.5, 0.6) is 0 Å². The van der Waals surface area contributed by atoms with Gasteiger partial charge in [-0.2, -0.15) is 0 Å². The number of esters is 1. The standard InChI is InChI=1S/C8H12O4/c1-3-4-6(9)5-7(10)8(11)12-2/h3-5H2,1-2H3. The van der Waals surface area contributed by atoms with Crippen molar-refractivity contribution in [3.63, 3.8) is 0 Å². The van der Waals surface area contributed by atoms with Gasteiger partial charge >= 0.3 is 5.97 Å². The minimum atomic E-state index is -0.945. The van der Waals surface area contributed by atoms with Crippen LogP contribution in [-0.2, 0) is 19.1 Å². The summed E-state index contributed by atoms with van der Waals surface area (Å²) in [5.41, 5.74) is 0. The predicted molar refractivity (Wildman–Crippen MR) is 41.6 cm³/mol. The summed E-state index contributed by atoms with van der Waals surface area (Å²) in [6.45, 7) is 1.83. The smallest absolute Gasteiger partial charge is 0.374 e. The Morgan fingerprint density at radius 2 is 1.83 bits per heavy atom. The zero-order valence-electron chi connectivity index (χ0n) is 7.25. The Bertz CT molecular complexity index is 195. The summed E-state index contributed by atoms with van der Waals surface area (Å²) in [6.07, 6.45) is 0.691. The number of rotatable bonds is 5. The van der Waals surface area contributed by atoms with Crippen molar-refractivity contribution in [2.24, 2.45) is 0 Å². The molecule has 0 rings (SSSR count). The van der Waals surface area contributed by atoms with Gasteiger partial charge in [0.1, 0.15) is 5.78 Å². The van der Waals surface area contributed by atoms with E-state index in [1.54, 1.807) is 0 Å². The first kappa shape index (κ1) is 10.8. The van der Waals surface area contributed by atoms with E-state index in [1.165, 1.54) is 0 Å². The molecule has 0 spiro atoms. The Balaban J connectivity index is 3.84. The quantitative estimate of drug-likeness (QED) is 0.344. The molecule has 0 atom stereocenters. The van der Waals surface area contributed by atoms with Crippen molar-refractivity contribution in [1.29, 1.82) is 0 Å². The number of hydrogen-bond donors (Lipinski definition) is 0. The maximum Gasteiger partial charge on any atom is 0.374 e. The third kappa shape index (κ3) is 3.85. The van der Waals surface area contributed by atoms with E-state index in [2.05, 4.69) is 4.74 Å². The molecule has 68 valence electrons. The van der Waals surface area contributed by atoms with Crippen LogP contribution in [-0.4, -0.2) is 24.6 Å². The van der Waals surface area contributed by atoms with Gasteiger partial charge in [0.05, 0.1) is 13.5 Å². The number of ketones is 2. The highest BCUT2D eigenvalue weighted by Gasteiger charge is 2.16. The normalized spacial score (nSPS) is 9.17. The molecule has 0 aliphatic carbocycles. The number of carbonyl (C=O) groups excluding carboxylic acids is 3. The molecule has 0 bridgehead atoms. The highest BCUT2D eigenvalue weighted by atomic mass is 16.5. The molecule has 0 N–H and O–H groups in total. The van der Waals surface area contributed by atoms with Gasteiger partial charge in [0, 0.05) is 6.42 Å². The Labute approximate surface area is 70.9 Å². The van der Waals surface area contributed by atoms with E-state index in [9.17, 15) is 14.4 Å². The van der Waals surface area contributed by atoms with Gasteiger partial charge in [0.15, 0.2) is 0 Å². The summed E-state index contributed by atoms with van der Waals surface area (Å²) in [4.78, 5) is 32.1. The van der Waals surface area contributed by atoms with Gasteiger partial charge in [0.25, 0.3) is 0 Å². The Kier molecular flexibility index (Phi) is 4.92. The number of hydrogen-bond acceptors (Lipinski definition) is 4. The van der Waals surface area contributed by atoms with Gasteiger partial charge in [-0.3, -0.25) is 9.59 Å². The second kappa shape index (κ2) is 5.46. The minimum absolute atomic E-state index is 0.215. The Hall–Kier alpha value is -1.19. The van der Waals surface area contributed by atoms with Crippen LogP contribution < -0.4 is 0 Å². The van der Waals surface area contributed by atoms with Crippen LogP contribution in [0.1, 0.15) is 26.2 Å². The summed E-state index contributed by atoms with van der Waals surface area (Å²) in [5, 5.41) is 0. The van der Waals surface area contributed by atoms with Crippen molar-refractivity contribution in [3.05, 3.63) is 0 Å². The van der Waals surface area contributed by atoms with Crippen LogP contribution in [0, 0.1) is 0 Å². The minimum Gasteiger partial charge on any atom is -0.463 e. The van der Waals surface area contributed by atoms with Crippen LogP contribution in [0.2, 0.25) is 0 Å². The van der Waals surface area contributed by atoms with E-state index >= 15 is 0 Å². The number of carbonyl (C=O) groups is 3. The fourth-order valence-electron chi connectivity index (χ4n) is 0.732. The van der Waals surface area contributed by atoms with Gasteiger partial charge in [-0.1, -0.05) is 6.92 Å². The molecule has 0 saturated carbocycles. The molecular formula is C8H12O4. The van der Waals surface area contributed by atoms with Crippen LogP contribution >= 0.6 is 0 Å². The molecule has 0 heterocycles. The molecule has 0 fully saturated rings. The summed E-state index contributed by atoms with van der Waals surface area (Å²) in [6, 6.07) is 0. The second-order valence-corrected chi connectivity index (χ2v) is 2.38. The molecule has 4 nitrogen and oxygen atoms in total. The van der Waals surface area contributed by atoms with Gasteiger partial charge < -0.3 is 4.74 Å². The molecule has 0 aliphatic heterocycles. The molecule has 0 aromatic heterocycles. The number of ether oxygens (including phenoxy) is 1. The fraction of sp³-hybridized carbons (Fsp3) is 0.625. The molecule has 12 heavy (non-hydrogen) atoms. The largest absolute Gasteiger partial charge is 0.463 e. The monoisotopic (exact) mass is 172 g/mol. The third-order valence-corrected chi connectivity index (χ3v) is 1.30. The van der Waals surface area contributed by atoms with E-state index in [-0.39, 0.29) is 12.2 Å². The van der Waals surface area contributed by atoms with Crippen molar-refractivity contribution >= 4 is 17.5 Å². The van der Waals surface area contributed by atoms with Crippen molar-refractivity contribution in [3.8, 4) is 0 Å². The number of methoxy groups -OCH3 is 1. The van der Waals surface area contributed by atoms with Crippen molar-refractivity contribution in [1.82, 2.24) is 0 Å². The molecule has 0 amide bonds. The van der Waals surface area contributed by atoms with Crippen LogP contribution in [0.4, 0.5) is 0 Å². The molecular weight excluding hydrogens is 160 g/mol. The lowest BCUT2D eigenvalue weighted by Crippen LogP contribution is -2.18. The lowest BCUT2D eigenvalue weighted by atomic mass is 10.1. The summed E-state index contributed by atoms with van der Waals surface area (Å²) >= 11 is 0. The maximum atomic E-state index is 10.8. The van der Waals surface area contributed by atoms with E-state index in [4.69, 9.17) is 0 Å². The van der Waals surface area contributed by atoms with Crippen LogP contribution in [0.3, 0.4) is 0 Å². The van der Waals surface area contributed by atoms with Crippen molar-refractivity contribution in [2.75, 3.05) is 7.11 Å². The van der Waals surface area contributed by atoms with Gasteiger partial charge in [-0.15, -0.1) is 0 Å². The van der Waals surface area contributed by atoms with Gasteiger partial charge in [0.2, 0.25) is 5.78 Å². The third-order valence-electron chi connectivity index (χ3n) is 1.30. The molecule has 0 saturated heterocycles. The average Bonchev–Trinajstić information content (AvgIpc) is 2.03. The highest BCUT2D eigenvalue weighted by molar-refractivity contribution is 6.37. The SMILES string of the molecule is CCCC(=O)CC(=O)C(=O)OC. The first-order valence-corrected chi connectivity index (χ1v) is 3.74. The van der Waals surface area contributed by atoms with Gasteiger partial charge in [-0.05, 0) is 6.42 Å². The summed E-state index contributed by atoms with van der Waals surface area (Å²) in [7, 11) is 1.12. The maximum absolute atomic E-state index is 10.8. The van der Waals surface area contributed by atoms with E-state index in [1.807, 2.05) is 6.92 Å². The van der Waals surface area contributed by atoms with Gasteiger partial charge in [-0.25, -0.2) is 4.79 Å². The second-order valence-electron chi connectivity index (χ2n) is 2.38. The van der Waals surface area contributed by atoms with E-state index < -0.39 is 11.8 Å². The predicted octanol–water partition coefficient (Wildman–Crippen LogP) is 0.488. The zero-order chi connectivity index (χ0) is 9.56. The molecule has 4 heteroatoms. The fourth-order valence-corrected chi connectivity index (χ4v) is 0.732. The zero-order valence-corrected chi connectivity index (χ0v) is 7.25. The van der Waals surface area contributed by atoms with Crippen molar-refractivity contribution in [2.45, 2.75) is 26.2 Å². The molecule has 0 aromatic rings. The van der Waals surface area contributed by atoms with Crippen molar-refractivity contribution < 1.29 is 19.1 Å². The first-order valence-electron chi connectivity index (χ1n) is 3.74. The molecule has 0 aromatic carbocycles. The number of Topliss-reactive ketones (excluding diaryl/α,β-unsaturated/α-hetero) is 2. The Morgan fingerprint density at radius 1 is 1.25 bits per heavy atom. The topological polar surface area (TPSA) is 60.4 Å². The summed E-state index contributed by atoms with van der Waals surface area (Å²) < 4.78 is 4.15. The lowest BCUT2D eigenvalue weighted by Gasteiger charge is -1.96.